The molecule has 1 aliphatic heterocycles. The van der Waals surface area contributed by atoms with Crippen LogP contribution in [0.15, 0.2) is 18.2 Å². The number of carbonyl (C=O) groups is 3. The first-order valence-electron chi connectivity index (χ1n) is 8.38. The molecule has 2 aliphatic rings. The number of fused-ring (bicyclic) bond motifs is 1. The summed E-state index contributed by atoms with van der Waals surface area (Å²) in [7, 11) is 0. The van der Waals surface area contributed by atoms with E-state index in [2.05, 4.69) is 5.32 Å². The van der Waals surface area contributed by atoms with Crippen molar-refractivity contribution >= 4 is 23.3 Å². The molecule has 6 heteroatoms. The molecule has 1 aliphatic carbocycles. The molecule has 1 atom stereocenters. The minimum atomic E-state index is -0.653. The highest BCUT2D eigenvalue weighted by atomic mass is 16.5. The van der Waals surface area contributed by atoms with E-state index in [1.807, 2.05) is 0 Å². The molecule has 1 unspecified atom stereocenters. The van der Waals surface area contributed by atoms with Gasteiger partial charge in [0, 0.05) is 11.6 Å². The summed E-state index contributed by atoms with van der Waals surface area (Å²) in [5, 5.41) is 2.99. The van der Waals surface area contributed by atoms with Crippen molar-refractivity contribution in [2.24, 2.45) is 0 Å². The van der Waals surface area contributed by atoms with Gasteiger partial charge in [-0.1, -0.05) is 12.8 Å². The molecule has 0 aromatic heterocycles. The zero-order valence-electron chi connectivity index (χ0n) is 14.0. The number of nitrogens with zero attached hydrogens (tertiary/aromatic N) is 1. The summed E-state index contributed by atoms with van der Waals surface area (Å²) >= 11 is 0. The number of amides is 2. The van der Waals surface area contributed by atoms with E-state index >= 15 is 0 Å². The predicted molar refractivity (Wildman–Crippen MR) is 89.3 cm³/mol. The third-order valence-electron chi connectivity index (χ3n) is 4.60. The van der Waals surface area contributed by atoms with Crippen molar-refractivity contribution in [1.82, 2.24) is 5.32 Å². The van der Waals surface area contributed by atoms with Crippen LogP contribution in [0.4, 0.5) is 5.69 Å². The molecule has 0 radical (unpaired) electrons. The molecular formula is C18H22N2O4. The zero-order valence-corrected chi connectivity index (χ0v) is 14.0. The van der Waals surface area contributed by atoms with Crippen molar-refractivity contribution in [3.8, 4) is 5.75 Å². The molecule has 1 aromatic carbocycles. The quantitative estimate of drug-likeness (QED) is 0.858. The Kier molecular flexibility index (Phi) is 4.55. The SMILES string of the molecule is CC(=O)c1ccc2c(c1)N(CC(=O)NC1CCCC1)C(=O)C(C)O2. The molecule has 3 rings (SSSR count). The van der Waals surface area contributed by atoms with Crippen LogP contribution in [-0.2, 0) is 9.59 Å². The van der Waals surface area contributed by atoms with E-state index < -0.39 is 6.10 Å². The lowest BCUT2D eigenvalue weighted by Gasteiger charge is -2.33. The van der Waals surface area contributed by atoms with Crippen LogP contribution in [0.5, 0.6) is 5.75 Å². The Morgan fingerprint density at radius 2 is 2.00 bits per heavy atom. The topological polar surface area (TPSA) is 75.7 Å². The second-order valence-corrected chi connectivity index (χ2v) is 6.47. The van der Waals surface area contributed by atoms with E-state index in [0.29, 0.717) is 17.0 Å². The van der Waals surface area contributed by atoms with Gasteiger partial charge in [0.05, 0.1) is 5.69 Å². The Hall–Kier alpha value is -2.37. The van der Waals surface area contributed by atoms with Gasteiger partial charge in [-0.05, 0) is 44.9 Å². The molecule has 24 heavy (non-hydrogen) atoms. The van der Waals surface area contributed by atoms with Crippen molar-refractivity contribution in [1.29, 1.82) is 0 Å². The highest BCUT2D eigenvalue weighted by molar-refractivity contribution is 6.05. The largest absolute Gasteiger partial charge is 0.479 e. The Morgan fingerprint density at radius 1 is 1.29 bits per heavy atom. The maximum atomic E-state index is 12.5. The molecule has 128 valence electrons. The number of rotatable bonds is 4. The van der Waals surface area contributed by atoms with Crippen LogP contribution < -0.4 is 15.0 Å². The van der Waals surface area contributed by atoms with Gasteiger partial charge in [-0.3, -0.25) is 19.3 Å². The number of nitrogens with one attached hydrogen (secondary N) is 1. The first-order valence-corrected chi connectivity index (χ1v) is 8.38. The minimum Gasteiger partial charge on any atom is -0.479 e. The average molecular weight is 330 g/mol. The number of Topliss-reactive ketones (excluding diaryl/α,β-unsaturated/α-hetero) is 1. The summed E-state index contributed by atoms with van der Waals surface area (Å²) in [6.45, 7) is 3.07. The first-order chi connectivity index (χ1) is 11.5. The van der Waals surface area contributed by atoms with Gasteiger partial charge in [-0.2, -0.15) is 0 Å². The maximum absolute atomic E-state index is 12.5. The van der Waals surface area contributed by atoms with Gasteiger partial charge < -0.3 is 10.1 Å². The van der Waals surface area contributed by atoms with Crippen LogP contribution in [0, 0.1) is 0 Å². The van der Waals surface area contributed by atoms with Gasteiger partial charge >= 0.3 is 0 Å². The van der Waals surface area contributed by atoms with E-state index in [4.69, 9.17) is 4.74 Å². The van der Waals surface area contributed by atoms with Gasteiger partial charge in [0.25, 0.3) is 5.91 Å². The Bertz CT molecular complexity index is 680. The lowest BCUT2D eigenvalue weighted by atomic mass is 10.1. The van der Waals surface area contributed by atoms with Crippen molar-refractivity contribution in [2.45, 2.75) is 51.7 Å². The number of ketones is 1. The summed E-state index contributed by atoms with van der Waals surface area (Å²) in [6.07, 6.45) is 3.58. The second-order valence-electron chi connectivity index (χ2n) is 6.47. The molecule has 1 aromatic rings. The fourth-order valence-corrected chi connectivity index (χ4v) is 3.28. The first kappa shape index (κ1) is 16.5. The number of benzene rings is 1. The molecule has 1 fully saturated rings. The van der Waals surface area contributed by atoms with Crippen molar-refractivity contribution < 1.29 is 19.1 Å². The lowest BCUT2D eigenvalue weighted by molar-refractivity contribution is -0.128. The van der Waals surface area contributed by atoms with Crippen LogP contribution in [0.2, 0.25) is 0 Å². The summed E-state index contributed by atoms with van der Waals surface area (Å²) in [6, 6.07) is 5.16. The monoisotopic (exact) mass is 330 g/mol. The molecular weight excluding hydrogens is 308 g/mol. The van der Waals surface area contributed by atoms with Crippen molar-refractivity contribution in [2.75, 3.05) is 11.4 Å². The smallest absolute Gasteiger partial charge is 0.268 e. The zero-order chi connectivity index (χ0) is 17.3. The number of hydrogen-bond donors (Lipinski definition) is 1. The highest BCUT2D eigenvalue weighted by Crippen LogP contribution is 2.35. The van der Waals surface area contributed by atoms with E-state index in [1.54, 1.807) is 25.1 Å². The molecule has 6 nitrogen and oxygen atoms in total. The van der Waals surface area contributed by atoms with Gasteiger partial charge in [-0.25, -0.2) is 0 Å². The van der Waals surface area contributed by atoms with Crippen molar-refractivity contribution in [3.05, 3.63) is 23.8 Å². The van der Waals surface area contributed by atoms with E-state index in [0.717, 1.165) is 25.7 Å². The third-order valence-corrected chi connectivity index (χ3v) is 4.60. The van der Waals surface area contributed by atoms with Gasteiger partial charge in [-0.15, -0.1) is 0 Å². The van der Waals surface area contributed by atoms with Gasteiger partial charge in [0.1, 0.15) is 12.3 Å². The summed E-state index contributed by atoms with van der Waals surface area (Å²) < 4.78 is 5.59. The minimum absolute atomic E-state index is 0.0581. The fraction of sp³-hybridized carbons (Fsp3) is 0.500. The Balaban J connectivity index is 1.83. The number of ether oxygens (including phenoxy) is 1. The number of anilines is 1. The number of hydrogen-bond acceptors (Lipinski definition) is 4. The Labute approximate surface area is 141 Å². The van der Waals surface area contributed by atoms with E-state index in [-0.39, 0.29) is 30.2 Å². The fourth-order valence-electron chi connectivity index (χ4n) is 3.28. The van der Waals surface area contributed by atoms with Crippen LogP contribution in [0.1, 0.15) is 49.9 Å². The van der Waals surface area contributed by atoms with Gasteiger partial charge in [0.2, 0.25) is 5.91 Å². The predicted octanol–water partition coefficient (Wildman–Crippen LogP) is 2.06. The molecule has 0 saturated heterocycles. The number of carbonyl (C=O) groups excluding carboxylic acids is 3. The standard InChI is InChI=1S/C18H22N2O4/c1-11(21)13-7-8-16-15(9-13)20(18(23)12(2)24-16)10-17(22)19-14-5-3-4-6-14/h7-9,12,14H,3-6,10H2,1-2H3,(H,19,22). The summed E-state index contributed by atoms with van der Waals surface area (Å²) in [5.74, 6) is -0.0340. The summed E-state index contributed by atoms with van der Waals surface area (Å²) in [4.78, 5) is 37.8. The van der Waals surface area contributed by atoms with E-state index in [9.17, 15) is 14.4 Å². The Morgan fingerprint density at radius 3 is 2.67 bits per heavy atom. The average Bonchev–Trinajstić information content (AvgIpc) is 3.04. The molecule has 1 heterocycles. The molecule has 1 N–H and O–H groups in total. The van der Waals surface area contributed by atoms with Crippen LogP contribution in [0.3, 0.4) is 0 Å². The van der Waals surface area contributed by atoms with Crippen LogP contribution in [0.25, 0.3) is 0 Å². The molecule has 0 spiro atoms. The van der Waals surface area contributed by atoms with Crippen molar-refractivity contribution in [3.63, 3.8) is 0 Å². The molecule has 2 amide bonds. The highest BCUT2D eigenvalue weighted by Gasteiger charge is 2.33. The summed E-state index contributed by atoms with van der Waals surface area (Å²) in [5.41, 5.74) is 0.966. The third kappa shape index (κ3) is 3.27. The van der Waals surface area contributed by atoms with Gasteiger partial charge in [0.15, 0.2) is 11.9 Å². The molecule has 1 saturated carbocycles. The normalized spacial score (nSPS) is 20.5. The van der Waals surface area contributed by atoms with Crippen LogP contribution in [-0.4, -0.2) is 36.3 Å². The molecule has 0 bridgehead atoms. The maximum Gasteiger partial charge on any atom is 0.268 e. The lowest BCUT2D eigenvalue weighted by Crippen LogP contribution is -2.50. The second kappa shape index (κ2) is 6.63. The van der Waals surface area contributed by atoms with Crippen LogP contribution >= 0.6 is 0 Å². The van der Waals surface area contributed by atoms with E-state index in [1.165, 1.54) is 11.8 Å².